The molecule has 0 radical (unpaired) electrons. The predicted molar refractivity (Wildman–Crippen MR) is 123 cm³/mol. The van der Waals surface area contributed by atoms with E-state index in [1.54, 1.807) is 41.5 Å². The molecule has 0 aliphatic heterocycles. The minimum absolute atomic E-state index is 0.0123. The summed E-state index contributed by atoms with van der Waals surface area (Å²) in [6.45, 7) is 10.0. The first-order valence-corrected chi connectivity index (χ1v) is 10.7. The number of hydrogen-bond acceptors (Lipinski definition) is 7. The van der Waals surface area contributed by atoms with Gasteiger partial charge in [-0.3, -0.25) is 9.59 Å². The van der Waals surface area contributed by atoms with Gasteiger partial charge in [-0.15, -0.1) is 0 Å². The molecule has 32 heavy (non-hydrogen) atoms. The number of benzene rings is 1. The smallest absolute Gasteiger partial charge is 0.408 e. The van der Waals surface area contributed by atoms with Gasteiger partial charge in [0, 0.05) is 11.3 Å². The molecule has 3 N–H and O–H groups in total. The number of carbonyl (C=O) groups excluding carboxylic acids is 3. The molecule has 0 saturated carbocycles. The number of thiol groups is 1. The first-order chi connectivity index (χ1) is 14.7. The van der Waals surface area contributed by atoms with Gasteiger partial charge in [0.05, 0.1) is 6.07 Å². The SMILES string of the molecule is CC(C)(C)NC(=O)C(c1ccc(O)cc1)N(CC#N)C(=O)C(CS)NC(=O)OC(C)(C)C. The molecule has 176 valence electrons. The van der Waals surface area contributed by atoms with E-state index >= 15 is 0 Å². The zero-order valence-electron chi connectivity index (χ0n) is 19.3. The van der Waals surface area contributed by atoms with E-state index in [-0.39, 0.29) is 11.5 Å². The molecule has 0 saturated heterocycles. The van der Waals surface area contributed by atoms with Crippen LogP contribution in [0, 0.1) is 11.3 Å². The van der Waals surface area contributed by atoms with Crippen LogP contribution in [-0.2, 0) is 14.3 Å². The van der Waals surface area contributed by atoms with Crippen LogP contribution >= 0.6 is 12.6 Å². The zero-order chi connectivity index (χ0) is 24.7. The summed E-state index contributed by atoms with van der Waals surface area (Å²) >= 11 is 4.16. The number of nitrogens with one attached hydrogen (secondary N) is 2. The molecule has 9 nitrogen and oxygen atoms in total. The summed E-state index contributed by atoms with van der Waals surface area (Å²) in [7, 11) is 0. The lowest BCUT2D eigenvalue weighted by atomic mass is 10.0. The average Bonchev–Trinajstić information content (AvgIpc) is 2.63. The Morgan fingerprint density at radius 1 is 1.16 bits per heavy atom. The molecule has 0 aliphatic carbocycles. The maximum absolute atomic E-state index is 13.3. The number of aromatic hydroxyl groups is 1. The van der Waals surface area contributed by atoms with E-state index in [9.17, 15) is 24.8 Å². The van der Waals surface area contributed by atoms with E-state index in [0.717, 1.165) is 4.90 Å². The molecule has 2 atom stereocenters. The van der Waals surface area contributed by atoms with Crippen LogP contribution in [0.4, 0.5) is 4.79 Å². The van der Waals surface area contributed by atoms with Crippen LogP contribution in [-0.4, -0.2) is 57.4 Å². The van der Waals surface area contributed by atoms with E-state index < -0.39 is 47.7 Å². The summed E-state index contributed by atoms with van der Waals surface area (Å²) in [6.07, 6.45) is -0.817. The number of nitrogens with zero attached hydrogens (tertiary/aromatic N) is 2. The molecule has 2 unspecified atom stereocenters. The highest BCUT2D eigenvalue weighted by molar-refractivity contribution is 7.80. The molecule has 1 aromatic carbocycles. The molecule has 1 rings (SSSR count). The van der Waals surface area contributed by atoms with Crippen molar-refractivity contribution in [3.63, 3.8) is 0 Å². The Bertz CT molecular complexity index is 853. The van der Waals surface area contributed by atoms with Gasteiger partial charge in [-0.05, 0) is 59.2 Å². The van der Waals surface area contributed by atoms with E-state index in [1.165, 1.54) is 24.3 Å². The molecule has 0 fully saturated rings. The molecule has 0 aliphatic rings. The summed E-state index contributed by atoms with van der Waals surface area (Å²) in [4.78, 5) is 39.8. The second-order valence-electron chi connectivity index (χ2n) is 9.24. The molecule has 3 amide bonds. The fraction of sp³-hybridized carbons (Fsp3) is 0.545. The average molecular weight is 465 g/mol. The standard InChI is InChI=1S/C22H32N4O5S/c1-21(2,3)25-18(28)17(14-7-9-15(27)10-8-14)26(12-11-23)19(29)16(13-32)24-20(30)31-22(4,5)6/h7-10,16-17,27,32H,12-13H2,1-6H3,(H,24,30)(H,25,28). The number of hydrogen-bond donors (Lipinski definition) is 4. The van der Waals surface area contributed by atoms with Crippen molar-refractivity contribution in [3.8, 4) is 11.8 Å². The number of phenolic OH excluding ortho intramolecular Hbond substituents is 1. The van der Waals surface area contributed by atoms with Crippen molar-refractivity contribution < 1.29 is 24.2 Å². The van der Waals surface area contributed by atoms with Crippen LogP contribution in [0.15, 0.2) is 24.3 Å². The van der Waals surface area contributed by atoms with Gasteiger partial charge in [0.25, 0.3) is 0 Å². The Kier molecular flexibility index (Phi) is 9.39. The number of alkyl carbamates (subject to hydrolysis) is 1. The third kappa shape index (κ3) is 8.67. The molecule has 0 heterocycles. The van der Waals surface area contributed by atoms with Gasteiger partial charge in [0.2, 0.25) is 11.8 Å². The lowest BCUT2D eigenvalue weighted by Gasteiger charge is -2.34. The predicted octanol–water partition coefficient (Wildman–Crippen LogP) is 2.52. The fourth-order valence-electron chi connectivity index (χ4n) is 2.78. The number of phenols is 1. The van der Waals surface area contributed by atoms with Gasteiger partial charge < -0.3 is 25.4 Å². The second kappa shape index (κ2) is 11.1. The number of rotatable bonds is 7. The van der Waals surface area contributed by atoms with Gasteiger partial charge in [-0.1, -0.05) is 12.1 Å². The monoisotopic (exact) mass is 464 g/mol. The van der Waals surface area contributed by atoms with Gasteiger partial charge in [0.1, 0.15) is 30.0 Å². The lowest BCUT2D eigenvalue weighted by Crippen LogP contribution is -2.55. The van der Waals surface area contributed by atoms with E-state index in [0.29, 0.717) is 5.56 Å². The minimum atomic E-state index is -1.18. The Labute approximate surface area is 194 Å². The Morgan fingerprint density at radius 2 is 1.72 bits per heavy atom. The van der Waals surface area contributed by atoms with Gasteiger partial charge >= 0.3 is 6.09 Å². The summed E-state index contributed by atoms with van der Waals surface area (Å²) in [5, 5.41) is 24.3. The highest BCUT2D eigenvalue weighted by atomic mass is 32.1. The molecule has 0 aromatic heterocycles. The molecule has 10 heteroatoms. The van der Waals surface area contributed by atoms with Crippen LogP contribution in [0.3, 0.4) is 0 Å². The highest BCUT2D eigenvalue weighted by Gasteiger charge is 2.36. The Morgan fingerprint density at radius 3 is 2.16 bits per heavy atom. The van der Waals surface area contributed by atoms with Gasteiger partial charge in [-0.25, -0.2) is 4.79 Å². The summed E-state index contributed by atoms with van der Waals surface area (Å²) in [6, 6.07) is 5.36. The van der Waals surface area contributed by atoms with Crippen molar-refractivity contribution >= 4 is 30.5 Å². The van der Waals surface area contributed by atoms with Crippen molar-refractivity contribution in [2.24, 2.45) is 0 Å². The largest absolute Gasteiger partial charge is 0.508 e. The number of ether oxygens (including phenoxy) is 1. The van der Waals surface area contributed by atoms with E-state index in [2.05, 4.69) is 23.3 Å². The molecular formula is C22H32N4O5S. The van der Waals surface area contributed by atoms with Crippen molar-refractivity contribution in [3.05, 3.63) is 29.8 Å². The van der Waals surface area contributed by atoms with Crippen molar-refractivity contribution in [1.29, 1.82) is 5.26 Å². The summed E-state index contributed by atoms with van der Waals surface area (Å²) in [5.74, 6) is -1.28. The molecule has 1 aromatic rings. The second-order valence-corrected chi connectivity index (χ2v) is 9.60. The van der Waals surface area contributed by atoms with Crippen LogP contribution in [0.5, 0.6) is 5.75 Å². The van der Waals surface area contributed by atoms with Gasteiger partial charge in [0.15, 0.2) is 0 Å². The quantitative estimate of drug-likeness (QED) is 0.362. The number of nitriles is 1. The highest BCUT2D eigenvalue weighted by Crippen LogP contribution is 2.25. The number of carbonyl (C=O) groups is 3. The minimum Gasteiger partial charge on any atom is -0.508 e. The zero-order valence-corrected chi connectivity index (χ0v) is 20.2. The summed E-state index contributed by atoms with van der Waals surface area (Å²) in [5.41, 5.74) is -0.990. The van der Waals surface area contributed by atoms with Crippen LogP contribution < -0.4 is 10.6 Å². The normalized spacial score (nSPS) is 13.3. The molecule has 0 spiro atoms. The fourth-order valence-corrected chi connectivity index (χ4v) is 3.02. The van der Waals surface area contributed by atoms with Crippen LogP contribution in [0.2, 0.25) is 0 Å². The third-order valence-electron chi connectivity index (χ3n) is 3.96. The Hall–Kier alpha value is -2.93. The van der Waals surface area contributed by atoms with E-state index in [4.69, 9.17) is 4.74 Å². The van der Waals surface area contributed by atoms with E-state index in [1.807, 2.05) is 6.07 Å². The first-order valence-electron chi connectivity index (χ1n) is 10.1. The topological polar surface area (TPSA) is 132 Å². The number of amides is 3. The maximum atomic E-state index is 13.3. The summed E-state index contributed by atoms with van der Waals surface area (Å²) < 4.78 is 5.20. The van der Waals surface area contributed by atoms with Crippen molar-refractivity contribution in [2.75, 3.05) is 12.3 Å². The van der Waals surface area contributed by atoms with Crippen molar-refractivity contribution in [1.82, 2.24) is 15.5 Å². The van der Waals surface area contributed by atoms with Crippen LogP contribution in [0.1, 0.15) is 53.1 Å². The maximum Gasteiger partial charge on any atom is 0.408 e. The molecule has 0 bridgehead atoms. The van der Waals surface area contributed by atoms with Gasteiger partial charge in [-0.2, -0.15) is 17.9 Å². The molecular weight excluding hydrogens is 432 g/mol. The Balaban J connectivity index is 3.34. The lowest BCUT2D eigenvalue weighted by molar-refractivity contribution is -0.141. The first kappa shape index (κ1) is 27.1. The van der Waals surface area contributed by atoms with Crippen molar-refractivity contribution in [2.45, 2.75) is 64.8 Å². The third-order valence-corrected chi connectivity index (χ3v) is 4.33. The van der Waals surface area contributed by atoms with Crippen LogP contribution in [0.25, 0.3) is 0 Å².